The number of aliphatic imine (C=N–C) groups is 1. The van der Waals surface area contributed by atoms with Gasteiger partial charge in [0.15, 0.2) is 5.75 Å². The maximum absolute atomic E-state index is 5.54. The summed E-state index contributed by atoms with van der Waals surface area (Å²) < 4.78 is 5.54. The van der Waals surface area contributed by atoms with Crippen molar-refractivity contribution < 1.29 is 4.74 Å². The van der Waals surface area contributed by atoms with Gasteiger partial charge in [0.2, 0.25) is 0 Å². The first-order valence-electron chi connectivity index (χ1n) is 4.22. The standard InChI is InChI=1S/C10H8N2O/c1-2-5-9-8(4-1)12-7-3-6-11-10(12)13-9/h1-6H,7H2. The first-order chi connectivity index (χ1) is 6.45. The largest absolute Gasteiger partial charge is 0.423 e. The SMILES string of the molecule is C1=CN=C2Oc3ccccc3N2C1. The summed E-state index contributed by atoms with van der Waals surface area (Å²) >= 11 is 0. The van der Waals surface area contributed by atoms with E-state index in [4.69, 9.17) is 4.74 Å². The summed E-state index contributed by atoms with van der Waals surface area (Å²) in [6, 6.07) is 8.64. The van der Waals surface area contributed by atoms with Crippen LogP contribution in [0.5, 0.6) is 5.75 Å². The molecule has 3 rings (SSSR count). The molecule has 0 unspecified atom stereocenters. The van der Waals surface area contributed by atoms with E-state index in [0.717, 1.165) is 18.0 Å². The smallest absolute Gasteiger partial charge is 0.302 e. The van der Waals surface area contributed by atoms with Gasteiger partial charge in [0, 0.05) is 12.7 Å². The zero-order valence-corrected chi connectivity index (χ0v) is 6.97. The van der Waals surface area contributed by atoms with Gasteiger partial charge in [-0.05, 0) is 18.2 Å². The summed E-state index contributed by atoms with van der Waals surface area (Å²) in [7, 11) is 0. The van der Waals surface area contributed by atoms with Crippen molar-refractivity contribution in [2.24, 2.45) is 4.99 Å². The molecular weight excluding hydrogens is 164 g/mol. The Hall–Kier alpha value is -1.77. The van der Waals surface area contributed by atoms with Crippen molar-refractivity contribution in [3.63, 3.8) is 0 Å². The third-order valence-corrected chi connectivity index (χ3v) is 2.17. The van der Waals surface area contributed by atoms with Crippen molar-refractivity contribution in [2.45, 2.75) is 0 Å². The molecule has 3 heteroatoms. The Morgan fingerprint density at radius 2 is 2.23 bits per heavy atom. The molecule has 0 saturated carbocycles. The third-order valence-electron chi connectivity index (χ3n) is 2.17. The Kier molecular flexibility index (Phi) is 1.22. The summed E-state index contributed by atoms with van der Waals surface area (Å²) in [5.74, 6) is 0.893. The van der Waals surface area contributed by atoms with Crippen LogP contribution in [0, 0.1) is 0 Å². The predicted molar refractivity (Wildman–Crippen MR) is 51.0 cm³/mol. The molecule has 2 aliphatic heterocycles. The molecule has 1 aromatic rings. The topological polar surface area (TPSA) is 24.8 Å². The average molecular weight is 172 g/mol. The number of ether oxygens (including phenoxy) is 1. The van der Waals surface area contributed by atoms with E-state index in [9.17, 15) is 0 Å². The fraction of sp³-hybridized carbons (Fsp3) is 0.100. The number of hydrogen-bond donors (Lipinski definition) is 0. The number of hydrogen-bond acceptors (Lipinski definition) is 3. The highest BCUT2D eigenvalue weighted by Gasteiger charge is 2.27. The molecule has 0 N–H and O–H groups in total. The molecule has 0 fully saturated rings. The fourth-order valence-electron chi connectivity index (χ4n) is 1.56. The quantitative estimate of drug-likeness (QED) is 0.595. The van der Waals surface area contributed by atoms with Crippen LogP contribution in [0.3, 0.4) is 0 Å². The van der Waals surface area contributed by atoms with E-state index >= 15 is 0 Å². The van der Waals surface area contributed by atoms with Gasteiger partial charge in [-0.2, -0.15) is 0 Å². The van der Waals surface area contributed by atoms with Crippen LogP contribution in [-0.2, 0) is 0 Å². The highest BCUT2D eigenvalue weighted by molar-refractivity contribution is 6.01. The molecule has 0 radical (unpaired) electrons. The van der Waals surface area contributed by atoms with Crippen LogP contribution in [0.25, 0.3) is 0 Å². The van der Waals surface area contributed by atoms with Crippen molar-refractivity contribution in [3.8, 4) is 5.75 Å². The number of para-hydroxylation sites is 2. The zero-order chi connectivity index (χ0) is 8.67. The number of fused-ring (bicyclic) bond motifs is 3. The Balaban J connectivity index is 2.14. The Labute approximate surface area is 76.0 Å². The van der Waals surface area contributed by atoms with Crippen molar-refractivity contribution in [2.75, 3.05) is 11.4 Å². The van der Waals surface area contributed by atoms with Gasteiger partial charge in [0.25, 0.3) is 0 Å². The van der Waals surface area contributed by atoms with Gasteiger partial charge in [-0.25, -0.2) is 4.99 Å². The van der Waals surface area contributed by atoms with Crippen LogP contribution in [0.15, 0.2) is 41.5 Å². The van der Waals surface area contributed by atoms with Crippen LogP contribution < -0.4 is 9.64 Å². The molecule has 2 heterocycles. The van der Waals surface area contributed by atoms with E-state index in [1.54, 1.807) is 6.20 Å². The summed E-state index contributed by atoms with van der Waals surface area (Å²) in [5, 5.41) is 0. The highest BCUT2D eigenvalue weighted by atomic mass is 16.5. The molecule has 0 bridgehead atoms. The predicted octanol–water partition coefficient (Wildman–Crippen LogP) is 1.77. The van der Waals surface area contributed by atoms with Gasteiger partial charge in [-0.1, -0.05) is 12.1 Å². The van der Waals surface area contributed by atoms with Gasteiger partial charge in [-0.3, -0.25) is 4.90 Å². The molecule has 0 atom stereocenters. The number of anilines is 1. The minimum atomic E-state index is 0.684. The van der Waals surface area contributed by atoms with Crippen molar-refractivity contribution in [3.05, 3.63) is 36.5 Å². The van der Waals surface area contributed by atoms with Crippen LogP contribution in [0.1, 0.15) is 0 Å². The molecule has 3 nitrogen and oxygen atoms in total. The third kappa shape index (κ3) is 0.869. The average Bonchev–Trinajstić information content (AvgIpc) is 2.56. The molecule has 0 aliphatic carbocycles. The molecule has 0 aromatic heterocycles. The number of benzene rings is 1. The highest BCUT2D eigenvalue weighted by Crippen LogP contribution is 2.35. The van der Waals surface area contributed by atoms with E-state index in [1.165, 1.54) is 0 Å². The lowest BCUT2D eigenvalue weighted by Gasteiger charge is -2.16. The van der Waals surface area contributed by atoms with Crippen LogP contribution >= 0.6 is 0 Å². The first-order valence-corrected chi connectivity index (χ1v) is 4.22. The number of amidine groups is 1. The molecule has 1 aromatic carbocycles. The van der Waals surface area contributed by atoms with Gasteiger partial charge in [0.1, 0.15) is 0 Å². The van der Waals surface area contributed by atoms with Gasteiger partial charge < -0.3 is 4.74 Å². The lowest BCUT2D eigenvalue weighted by atomic mass is 10.3. The van der Waals surface area contributed by atoms with Crippen molar-refractivity contribution >= 4 is 11.7 Å². The summed E-state index contributed by atoms with van der Waals surface area (Å²) in [4.78, 5) is 6.20. The summed E-state index contributed by atoms with van der Waals surface area (Å²) in [6.07, 6.45) is 3.78. The molecular formula is C10H8N2O. The van der Waals surface area contributed by atoms with Gasteiger partial charge in [-0.15, -0.1) is 0 Å². The Morgan fingerprint density at radius 3 is 3.23 bits per heavy atom. The normalized spacial score (nSPS) is 17.5. The van der Waals surface area contributed by atoms with Crippen LogP contribution in [-0.4, -0.2) is 12.6 Å². The molecule has 13 heavy (non-hydrogen) atoms. The monoisotopic (exact) mass is 172 g/mol. The van der Waals surface area contributed by atoms with Gasteiger partial charge in [0.05, 0.1) is 5.69 Å². The molecule has 0 spiro atoms. The number of rotatable bonds is 0. The zero-order valence-electron chi connectivity index (χ0n) is 6.97. The minimum Gasteiger partial charge on any atom is -0.423 e. The molecule has 0 saturated heterocycles. The first kappa shape index (κ1) is 6.71. The van der Waals surface area contributed by atoms with Crippen molar-refractivity contribution in [1.29, 1.82) is 0 Å². The van der Waals surface area contributed by atoms with Gasteiger partial charge >= 0.3 is 6.02 Å². The van der Waals surface area contributed by atoms with E-state index < -0.39 is 0 Å². The minimum absolute atomic E-state index is 0.684. The van der Waals surface area contributed by atoms with E-state index in [-0.39, 0.29) is 0 Å². The lowest BCUT2D eigenvalue weighted by Crippen LogP contribution is -2.30. The second kappa shape index (κ2) is 2.36. The Bertz CT molecular complexity index is 409. The second-order valence-electron chi connectivity index (χ2n) is 2.98. The maximum Gasteiger partial charge on any atom is 0.302 e. The molecule has 0 amide bonds. The fourth-order valence-corrected chi connectivity index (χ4v) is 1.56. The van der Waals surface area contributed by atoms with Crippen LogP contribution in [0.4, 0.5) is 5.69 Å². The number of nitrogens with zero attached hydrogens (tertiary/aromatic N) is 2. The van der Waals surface area contributed by atoms with Crippen molar-refractivity contribution in [1.82, 2.24) is 0 Å². The second-order valence-corrected chi connectivity index (χ2v) is 2.98. The lowest BCUT2D eigenvalue weighted by molar-refractivity contribution is 0.562. The van der Waals surface area contributed by atoms with E-state index in [1.807, 2.05) is 30.3 Å². The van der Waals surface area contributed by atoms with E-state index in [0.29, 0.717) is 6.02 Å². The molecule has 2 aliphatic rings. The van der Waals surface area contributed by atoms with E-state index in [2.05, 4.69) is 9.89 Å². The maximum atomic E-state index is 5.54. The summed E-state index contributed by atoms with van der Waals surface area (Å²) in [6.45, 7) is 0.843. The molecule has 64 valence electrons. The van der Waals surface area contributed by atoms with Crippen LogP contribution in [0.2, 0.25) is 0 Å². The Morgan fingerprint density at radius 1 is 1.31 bits per heavy atom. The summed E-state index contributed by atoms with van der Waals surface area (Å²) in [5.41, 5.74) is 1.10.